The Morgan fingerprint density at radius 3 is 1.60 bits per heavy atom. The minimum Gasteiger partial charge on any atom is -0.493 e. The minimum atomic E-state index is 0. The number of aromatic amines is 1. The van der Waals surface area contributed by atoms with E-state index in [9.17, 15) is 0 Å². The van der Waals surface area contributed by atoms with Gasteiger partial charge in [-0.25, -0.2) is 0 Å². The van der Waals surface area contributed by atoms with Crippen molar-refractivity contribution in [1.29, 1.82) is 0 Å². The van der Waals surface area contributed by atoms with Gasteiger partial charge in [-0.1, -0.05) is 173 Å². The number of aryl methyl sites for hydroxylation is 5. The Balaban J connectivity index is 0.000000119. The van der Waals surface area contributed by atoms with Crippen LogP contribution >= 0.6 is 22.7 Å². The number of pyridine rings is 2. The average Bonchev–Trinajstić information content (AvgIpc) is 1.73. The van der Waals surface area contributed by atoms with Gasteiger partial charge in [-0.3, -0.25) is 9.97 Å². The zero-order valence-corrected chi connectivity index (χ0v) is 56.4. The lowest BCUT2D eigenvalue weighted by Crippen LogP contribution is -2.10. The predicted molar refractivity (Wildman–Crippen MR) is 418 cm³/mol. The largest absolute Gasteiger partial charge is 0.493 e. The van der Waals surface area contributed by atoms with Gasteiger partial charge in [0, 0.05) is 74.9 Å². The van der Waals surface area contributed by atoms with Crippen molar-refractivity contribution in [1.82, 2.24) is 15.0 Å². The highest BCUT2D eigenvalue weighted by Crippen LogP contribution is 2.32. The van der Waals surface area contributed by atoms with Crippen molar-refractivity contribution >= 4 is 82.1 Å². The molecule has 0 saturated heterocycles. The summed E-state index contributed by atoms with van der Waals surface area (Å²) >= 11 is 3.70. The van der Waals surface area contributed by atoms with Gasteiger partial charge in [0.15, 0.2) is 0 Å². The maximum absolute atomic E-state index is 5.56. The molecule has 0 radical (unpaired) electrons. The van der Waals surface area contributed by atoms with Crippen molar-refractivity contribution in [2.45, 2.75) is 85.5 Å². The van der Waals surface area contributed by atoms with Gasteiger partial charge in [-0.15, -0.1) is 22.7 Å². The molecule has 0 fully saturated rings. The van der Waals surface area contributed by atoms with E-state index in [0.717, 1.165) is 104 Å². The number of para-hydroxylation sites is 7. The summed E-state index contributed by atoms with van der Waals surface area (Å²) < 4.78 is 28.2. The number of benzene rings is 9. The molecule has 5 aliphatic heterocycles. The monoisotopic (exact) mass is 1350 g/mol. The van der Waals surface area contributed by atoms with Gasteiger partial charge in [0.1, 0.15) is 28.6 Å². The van der Waals surface area contributed by atoms with Gasteiger partial charge < -0.3 is 33.7 Å². The summed E-state index contributed by atoms with van der Waals surface area (Å²) in [6, 6.07) is 86.4. The lowest BCUT2D eigenvalue weighted by atomic mass is 10.0. The summed E-state index contributed by atoms with van der Waals surface area (Å²) in [6.45, 7) is 4.56. The fourth-order valence-corrected chi connectivity index (χ4v) is 13.8. The van der Waals surface area contributed by atoms with E-state index in [4.69, 9.17) is 23.4 Å². The molecule has 6 aromatic heterocycles. The van der Waals surface area contributed by atoms with Crippen LogP contribution in [0.4, 0.5) is 5.69 Å². The highest BCUT2D eigenvalue weighted by atomic mass is 32.1. The number of thiophene rings is 2. The number of aromatic nitrogens is 3. The molecule has 0 amide bonds. The van der Waals surface area contributed by atoms with Crippen LogP contribution in [0.3, 0.4) is 0 Å². The second-order valence-corrected chi connectivity index (χ2v) is 25.6. The van der Waals surface area contributed by atoms with E-state index >= 15 is 0 Å². The number of nitrogens with one attached hydrogen (secondary N) is 2. The molecule has 11 heteroatoms. The second kappa shape index (κ2) is 38.5. The molecule has 0 atom stereocenters. The van der Waals surface area contributed by atoms with Crippen LogP contribution in [0, 0.1) is 0 Å². The topological polar surface area (TPSA) is 104 Å². The van der Waals surface area contributed by atoms with Crippen LogP contribution in [0.2, 0.25) is 0 Å². The molecule has 1 aliphatic carbocycles. The third kappa shape index (κ3) is 20.8. The molecule has 21 rings (SSSR count). The Hall–Kier alpha value is -10.5. The lowest BCUT2D eigenvalue weighted by Gasteiger charge is -2.17. The Kier molecular flexibility index (Phi) is 27.7. The van der Waals surface area contributed by atoms with Crippen molar-refractivity contribution in [3.63, 3.8) is 0 Å². The third-order valence-corrected chi connectivity index (χ3v) is 18.9. The van der Waals surface area contributed by atoms with Gasteiger partial charge in [-0.2, -0.15) is 0 Å². The number of nitrogens with zero attached hydrogens (tertiary/aromatic N) is 2. The number of hydrogen-bond donors (Lipinski definition) is 2. The van der Waals surface area contributed by atoms with E-state index in [-0.39, 0.29) is 14.9 Å². The predicted octanol–water partition coefficient (Wildman–Crippen LogP) is 23.1. The smallest absolute Gasteiger partial charge is 0.133 e. The number of fused-ring (bicyclic) bond motifs is 9. The summed E-state index contributed by atoms with van der Waals surface area (Å²) in [6.07, 6.45) is 20.7. The molecule has 15 aromatic rings. The zero-order valence-electron chi connectivity index (χ0n) is 54.8. The normalized spacial score (nSPS) is 13.1. The number of ether oxygens (including phenoxy) is 4. The van der Waals surface area contributed by atoms with E-state index in [0.29, 0.717) is 0 Å². The summed E-state index contributed by atoms with van der Waals surface area (Å²) in [5, 5.41) is 13.9. The lowest BCUT2D eigenvalue weighted by molar-refractivity contribution is 0.288. The van der Waals surface area contributed by atoms with Crippen LogP contribution in [0.25, 0.3) is 53.8 Å². The first-order valence-electron chi connectivity index (χ1n) is 33.8. The van der Waals surface area contributed by atoms with E-state index in [2.05, 4.69) is 158 Å². The fraction of sp³-hybridized carbons (Fsp3) is 0.205. The number of furan rings is 1. The molecular weight excluding hydrogens is 1260 g/mol. The molecule has 11 heterocycles. The molecule has 6 aliphatic rings. The summed E-state index contributed by atoms with van der Waals surface area (Å²) in [5.74, 6) is 4.20. The summed E-state index contributed by atoms with van der Waals surface area (Å²) in [7, 11) is 0. The molecule has 0 bridgehead atoms. The minimum absolute atomic E-state index is 0. The van der Waals surface area contributed by atoms with Gasteiger partial charge in [-0.05, 0) is 210 Å². The van der Waals surface area contributed by atoms with Crippen LogP contribution < -0.4 is 24.3 Å². The first-order valence-corrected chi connectivity index (χ1v) is 35.6. The first-order chi connectivity index (χ1) is 48.1. The Labute approximate surface area is 592 Å². The third-order valence-electron chi connectivity index (χ3n) is 17.0. The van der Waals surface area contributed by atoms with Crippen molar-refractivity contribution in [2.24, 2.45) is 0 Å². The number of hydrogen-bond acceptors (Lipinski definition) is 10. The standard InChI is InChI=1S/C11H9NO.C9H11N.C9H7N.2C9H10O.C8H7N.C8H8O.C8H6O.C8H6S.C7H8S.2CH4/c1-2-9-11-8(4-6-12-9)5-7-13-10(11)3-1;4*1-2-6-9-8(4-1)5-3-7-10-9;4*1-2-4-8-7(3-1)5-6-9-8;1-2-6-4-5-8-7(6)3-1;;/h1-4,6H,5,7H2;1-2,4,6,10H,3,5,7H2;1-7H;2*1-2,4,6H,3,5,7H2;1-6,9H;1-4H,5-6H2;2*1-6H;4-5H,1-3H2;2*1H4. The average molecular weight is 1350 g/mol. The number of H-pyrrole nitrogens is 1. The van der Waals surface area contributed by atoms with Crippen LogP contribution in [0.5, 0.6) is 23.0 Å². The highest BCUT2D eigenvalue weighted by molar-refractivity contribution is 7.17. The van der Waals surface area contributed by atoms with Crippen LogP contribution in [0.1, 0.15) is 78.8 Å². The van der Waals surface area contributed by atoms with E-state index in [1.165, 1.54) is 110 Å². The van der Waals surface area contributed by atoms with E-state index in [1.807, 2.05) is 157 Å². The number of anilines is 1. The maximum atomic E-state index is 5.56. The Morgan fingerprint density at radius 1 is 0.343 bits per heavy atom. The second-order valence-electron chi connectivity index (χ2n) is 23.6. The van der Waals surface area contributed by atoms with Gasteiger partial charge in [0.2, 0.25) is 0 Å². The molecule has 0 saturated carbocycles. The number of rotatable bonds is 0. The van der Waals surface area contributed by atoms with Gasteiger partial charge in [0.05, 0.1) is 43.7 Å². The molecule has 2 N–H and O–H groups in total. The molecule has 0 spiro atoms. The van der Waals surface area contributed by atoms with Crippen LogP contribution in [0.15, 0.2) is 295 Å². The molecule has 504 valence electrons. The SMILES string of the molecule is C.C.c1cc2c(s1)CCC2.c1cc2c3c(ccnc3c1)CCO2.c1ccc2[nH]ccc2c1.c1ccc2c(c1)CCCN2.c1ccc2c(c1)CCCO2.c1ccc2c(c1)CCCO2.c1ccc2c(c1)CCO2.c1ccc2ncccc2c1.c1ccc2occc2c1.c1ccc2sccc2c1. The van der Waals surface area contributed by atoms with Crippen molar-refractivity contribution in [3.8, 4) is 23.0 Å². The molecular formula is C88H90N4O5S2. The quantitative estimate of drug-likeness (QED) is 0.155. The molecule has 0 unspecified atom stereocenters. The van der Waals surface area contributed by atoms with Gasteiger partial charge >= 0.3 is 0 Å². The van der Waals surface area contributed by atoms with Crippen molar-refractivity contribution < 1.29 is 23.4 Å². The summed E-state index contributed by atoms with van der Waals surface area (Å²) in [5.41, 5.74) is 14.1. The Morgan fingerprint density at radius 2 is 0.899 bits per heavy atom. The summed E-state index contributed by atoms with van der Waals surface area (Å²) in [4.78, 5) is 13.2. The molecule has 99 heavy (non-hydrogen) atoms. The van der Waals surface area contributed by atoms with Gasteiger partial charge in [0.25, 0.3) is 0 Å². The zero-order chi connectivity index (χ0) is 65.7. The van der Waals surface area contributed by atoms with E-state index in [1.54, 1.807) is 28.0 Å². The highest BCUT2D eigenvalue weighted by Gasteiger charge is 2.14. The van der Waals surface area contributed by atoms with Crippen molar-refractivity contribution in [2.75, 3.05) is 38.3 Å². The Bertz CT molecular complexity index is 4250. The molecule has 9 nitrogen and oxygen atoms in total. The maximum Gasteiger partial charge on any atom is 0.133 e. The van der Waals surface area contributed by atoms with Crippen molar-refractivity contribution in [3.05, 3.63) is 329 Å². The van der Waals surface area contributed by atoms with Crippen LogP contribution in [-0.4, -0.2) is 47.9 Å². The fourth-order valence-electron chi connectivity index (χ4n) is 12.0. The van der Waals surface area contributed by atoms with E-state index < -0.39 is 0 Å². The van der Waals surface area contributed by atoms with Crippen LogP contribution in [-0.2, 0) is 44.9 Å². The molecule has 9 aromatic carbocycles. The first kappa shape index (κ1) is 71.3.